The van der Waals surface area contributed by atoms with Gasteiger partial charge in [-0.15, -0.1) is 0 Å². The minimum Gasteiger partial charge on any atom is -0.393 e. The number of aliphatic hydroxyl groups excluding tert-OH is 1. The van der Waals surface area contributed by atoms with Gasteiger partial charge in [0.1, 0.15) is 0 Å². The molecule has 0 aromatic carbocycles. The minimum atomic E-state index is 0.0856. The Labute approximate surface area is 61.4 Å². The molecule has 0 aromatic rings. The lowest BCUT2D eigenvalue weighted by Crippen LogP contribution is -2.15. The number of hydrogen-bond donors (Lipinski definition) is 1. The smallest absolute Gasteiger partial charge is 0.0574 e. The predicted molar refractivity (Wildman–Crippen MR) is 38.4 cm³/mol. The average Bonchev–Trinajstić information content (AvgIpc) is 2.44. The molecule has 3 aliphatic rings. The van der Waals surface area contributed by atoms with Crippen LogP contribution in [0.4, 0.5) is 0 Å². The molecule has 1 heteroatoms. The van der Waals surface area contributed by atoms with Crippen LogP contribution in [0.3, 0.4) is 0 Å². The van der Waals surface area contributed by atoms with Gasteiger partial charge in [0, 0.05) is 0 Å². The van der Waals surface area contributed by atoms with E-state index in [1.807, 2.05) is 0 Å². The first-order chi connectivity index (χ1) is 4.84. The summed E-state index contributed by atoms with van der Waals surface area (Å²) in [5.74, 6) is 3.61. The van der Waals surface area contributed by atoms with Gasteiger partial charge in [-0.2, -0.15) is 0 Å². The molecule has 0 aliphatic heterocycles. The quantitative estimate of drug-likeness (QED) is 0.536. The van der Waals surface area contributed by atoms with E-state index in [2.05, 4.69) is 0 Å². The van der Waals surface area contributed by atoms with Crippen molar-refractivity contribution in [3.63, 3.8) is 0 Å². The van der Waals surface area contributed by atoms with Crippen LogP contribution in [0.1, 0.15) is 25.7 Å². The Hall–Kier alpha value is -0.0400. The van der Waals surface area contributed by atoms with E-state index in [0.717, 1.165) is 30.1 Å². The summed E-state index contributed by atoms with van der Waals surface area (Å²) >= 11 is 0. The zero-order chi connectivity index (χ0) is 6.72. The van der Waals surface area contributed by atoms with Crippen molar-refractivity contribution < 1.29 is 5.11 Å². The first-order valence-corrected chi connectivity index (χ1v) is 4.52. The Morgan fingerprint density at radius 3 is 2.30 bits per heavy atom. The Balaban J connectivity index is 1.98. The molecule has 2 bridgehead atoms. The van der Waals surface area contributed by atoms with Crippen molar-refractivity contribution in [3.8, 4) is 0 Å². The van der Waals surface area contributed by atoms with Crippen molar-refractivity contribution in [3.05, 3.63) is 0 Å². The summed E-state index contributed by atoms with van der Waals surface area (Å²) in [5, 5.41) is 9.60. The second kappa shape index (κ2) is 1.58. The maximum atomic E-state index is 9.60. The summed E-state index contributed by atoms with van der Waals surface area (Å²) in [7, 11) is 0. The zero-order valence-electron chi connectivity index (χ0n) is 6.16. The molecule has 0 saturated heterocycles. The SMILES string of the molecule is O[C@H]1CC2CC3CC2[C@H]1C3. The number of aliphatic hydroxyl groups is 1. The molecule has 0 aromatic heterocycles. The highest BCUT2D eigenvalue weighted by molar-refractivity contribution is 5.03. The molecule has 56 valence electrons. The van der Waals surface area contributed by atoms with Crippen LogP contribution in [-0.2, 0) is 0 Å². The van der Waals surface area contributed by atoms with E-state index >= 15 is 0 Å². The van der Waals surface area contributed by atoms with Gasteiger partial charge >= 0.3 is 0 Å². The van der Waals surface area contributed by atoms with Crippen molar-refractivity contribution in [1.29, 1.82) is 0 Å². The van der Waals surface area contributed by atoms with E-state index in [9.17, 15) is 5.11 Å². The summed E-state index contributed by atoms with van der Waals surface area (Å²) in [5.41, 5.74) is 0. The lowest BCUT2D eigenvalue weighted by molar-refractivity contribution is 0.125. The molecule has 0 radical (unpaired) electrons. The monoisotopic (exact) mass is 138 g/mol. The van der Waals surface area contributed by atoms with Crippen molar-refractivity contribution in [1.82, 2.24) is 0 Å². The van der Waals surface area contributed by atoms with Crippen LogP contribution in [0.25, 0.3) is 0 Å². The van der Waals surface area contributed by atoms with Gasteiger partial charge in [-0.25, -0.2) is 0 Å². The van der Waals surface area contributed by atoms with Crippen molar-refractivity contribution in [2.75, 3.05) is 0 Å². The third-order valence-electron chi connectivity index (χ3n) is 4.04. The summed E-state index contributed by atoms with van der Waals surface area (Å²) in [6.07, 6.45) is 5.46. The lowest BCUT2D eigenvalue weighted by atomic mass is 9.89. The summed E-state index contributed by atoms with van der Waals surface area (Å²) in [6.45, 7) is 0. The number of fused-ring (bicyclic) bond motifs is 1. The van der Waals surface area contributed by atoms with E-state index in [1.165, 1.54) is 19.3 Å². The highest BCUT2D eigenvalue weighted by atomic mass is 16.3. The van der Waals surface area contributed by atoms with Crippen LogP contribution >= 0.6 is 0 Å². The molecule has 0 amide bonds. The molecule has 3 saturated carbocycles. The molecule has 1 nitrogen and oxygen atoms in total. The van der Waals surface area contributed by atoms with Gasteiger partial charge in [-0.3, -0.25) is 0 Å². The fourth-order valence-electron chi connectivity index (χ4n) is 3.75. The van der Waals surface area contributed by atoms with E-state index < -0.39 is 0 Å². The molecule has 0 spiro atoms. The van der Waals surface area contributed by atoms with Crippen LogP contribution < -0.4 is 0 Å². The summed E-state index contributed by atoms with van der Waals surface area (Å²) in [6, 6.07) is 0. The van der Waals surface area contributed by atoms with E-state index in [0.29, 0.717) is 0 Å². The standard InChI is InChI=1S/C9H14O/c10-9-4-6-1-5-2-7(6)8(9)3-5/h5-10H,1-4H2/t5?,6?,7?,8-,9+/m1/s1. The predicted octanol–water partition coefficient (Wildman–Crippen LogP) is 1.41. The molecule has 5 atom stereocenters. The Kier molecular flexibility index (Phi) is 0.883. The summed E-state index contributed by atoms with van der Waals surface area (Å²) < 4.78 is 0. The van der Waals surface area contributed by atoms with Crippen LogP contribution in [0.5, 0.6) is 0 Å². The Bertz CT molecular complexity index is 164. The van der Waals surface area contributed by atoms with Gasteiger partial charge in [0.15, 0.2) is 0 Å². The van der Waals surface area contributed by atoms with E-state index in [1.54, 1.807) is 0 Å². The molecular formula is C9H14O. The second-order valence-electron chi connectivity index (χ2n) is 4.46. The van der Waals surface area contributed by atoms with Gasteiger partial charge in [-0.1, -0.05) is 0 Å². The highest BCUT2D eigenvalue weighted by Gasteiger charge is 2.53. The van der Waals surface area contributed by atoms with Crippen LogP contribution in [0.15, 0.2) is 0 Å². The zero-order valence-corrected chi connectivity index (χ0v) is 6.16. The maximum Gasteiger partial charge on any atom is 0.0574 e. The van der Waals surface area contributed by atoms with Gasteiger partial charge in [0.2, 0.25) is 0 Å². The minimum absolute atomic E-state index is 0.0856. The highest BCUT2D eigenvalue weighted by Crippen LogP contribution is 2.59. The molecule has 3 aliphatic carbocycles. The molecule has 10 heavy (non-hydrogen) atoms. The van der Waals surface area contributed by atoms with E-state index in [-0.39, 0.29) is 6.10 Å². The largest absolute Gasteiger partial charge is 0.393 e. The third kappa shape index (κ3) is 0.493. The lowest BCUT2D eigenvalue weighted by Gasteiger charge is -2.17. The van der Waals surface area contributed by atoms with Crippen LogP contribution in [-0.4, -0.2) is 11.2 Å². The molecule has 3 rings (SSSR count). The number of rotatable bonds is 0. The second-order valence-corrected chi connectivity index (χ2v) is 4.46. The maximum absolute atomic E-state index is 9.60. The molecule has 1 N–H and O–H groups in total. The van der Waals surface area contributed by atoms with Crippen molar-refractivity contribution in [2.24, 2.45) is 23.7 Å². The Morgan fingerprint density at radius 1 is 0.900 bits per heavy atom. The molecular weight excluding hydrogens is 124 g/mol. The fraction of sp³-hybridized carbons (Fsp3) is 1.00. The van der Waals surface area contributed by atoms with Crippen LogP contribution in [0.2, 0.25) is 0 Å². The molecule has 0 heterocycles. The van der Waals surface area contributed by atoms with Gasteiger partial charge < -0.3 is 5.11 Å². The van der Waals surface area contributed by atoms with Crippen molar-refractivity contribution in [2.45, 2.75) is 31.8 Å². The fourth-order valence-corrected chi connectivity index (χ4v) is 3.75. The third-order valence-corrected chi connectivity index (χ3v) is 4.04. The van der Waals surface area contributed by atoms with Crippen LogP contribution in [0, 0.1) is 23.7 Å². The number of hydrogen-bond acceptors (Lipinski definition) is 1. The van der Waals surface area contributed by atoms with Crippen molar-refractivity contribution >= 4 is 0 Å². The van der Waals surface area contributed by atoms with Gasteiger partial charge in [0.05, 0.1) is 6.10 Å². The summed E-state index contributed by atoms with van der Waals surface area (Å²) in [4.78, 5) is 0. The van der Waals surface area contributed by atoms with E-state index in [4.69, 9.17) is 0 Å². The Morgan fingerprint density at radius 2 is 1.70 bits per heavy atom. The molecule has 3 fully saturated rings. The molecule has 3 unspecified atom stereocenters. The van der Waals surface area contributed by atoms with Gasteiger partial charge in [0.25, 0.3) is 0 Å². The average molecular weight is 138 g/mol. The normalized spacial score (nSPS) is 63.9. The van der Waals surface area contributed by atoms with Gasteiger partial charge in [-0.05, 0) is 49.4 Å². The topological polar surface area (TPSA) is 20.2 Å². The first kappa shape index (κ1) is 5.59. The first-order valence-electron chi connectivity index (χ1n) is 4.52.